The van der Waals surface area contributed by atoms with E-state index in [0.717, 1.165) is 40.2 Å². The average Bonchev–Trinajstić information content (AvgIpc) is 3.24. The first-order chi connectivity index (χ1) is 16.5. The minimum Gasteiger partial charge on any atom is -0.343 e. The first kappa shape index (κ1) is 22.0. The highest BCUT2D eigenvalue weighted by molar-refractivity contribution is 6.00. The van der Waals surface area contributed by atoms with Crippen LogP contribution < -0.4 is 0 Å². The molecule has 2 nitrogen and oxygen atoms in total. The van der Waals surface area contributed by atoms with E-state index in [1.807, 2.05) is 66.7 Å². The molecule has 0 unspecified atom stereocenters. The lowest BCUT2D eigenvalue weighted by molar-refractivity contribution is -0.137. The summed E-state index contributed by atoms with van der Waals surface area (Å²) in [5.41, 5.74) is 3.34. The number of nitrogens with zero attached hydrogens (tertiary/aromatic N) is 2. The molecule has 0 spiro atoms. The van der Waals surface area contributed by atoms with Crippen molar-refractivity contribution in [1.82, 2.24) is 4.90 Å². The maximum Gasteiger partial charge on any atom is 0.416 e. The lowest BCUT2D eigenvalue weighted by Crippen LogP contribution is -2.31. The average molecular weight is 457 g/mol. The monoisotopic (exact) mass is 456 g/mol. The van der Waals surface area contributed by atoms with Gasteiger partial charge >= 0.3 is 6.18 Å². The van der Waals surface area contributed by atoms with Crippen molar-refractivity contribution in [3.63, 3.8) is 0 Å². The number of hydrogen-bond acceptors (Lipinski definition) is 2. The molecule has 0 bridgehead atoms. The van der Waals surface area contributed by atoms with Gasteiger partial charge in [-0.2, -0.15) is 13.2 Å². The van der Waals surface area contributed by atoms with E-state index in [-0.39, 0.29) is 12.1 Å². The highest BCUT2D eigenvalue weighted by atomic mass is 19.4. The second-order valence-corrected chi connectivity index (χ2v) is 8.35. The number of halogens is 3. The predicted octanol–water partition coefficient (Wildman–Crippen LogP) is 7.45. The van der Waals surface area contributed by atoms with Crippen LogP contribution in [0.15, 0.2) is 120 Å². The van der Waals surface area contributed by atoms with Crippen LogP contribution in [0.5, 0.6) is 0 Å². The Bertz CT molecular complexity index is 1250. The van der Waals surface area contributed by atoms with Crippen molar-refractivity contribution in [1.29, 1.82) is 0 Å². The fourth-order valence-electron chi connectivity index (χ4n) is 4.49. The minimum absolute atomic E-state index is 0.0962. The second kappa shape index (κ2) is 9.18. The van der Waals surface area contributed by atoms with Crippen LogP contribution in [0.2, 0.25) is 0 Å². The highest BCUT2D eigenvalue weighted by Gasteiger charge is 2.38. The number of hydrogen-bond donors (Lipinski definition) is 0. The lowest BCUT2D eigenvalue weighted by atomic mass is 9.93. The van der Waals surface area contributed by atoms with Crippen LogP contribution in [0, 0.1) is 0 Å². The molecule has 0 amide bonds. The van der Waals surface area contributed by atoms with Gasteiger partial charge in [-0.1, -0.05) is 103 Å². The zero-order valence-corrected chi connectivity index (χ0v) is 18.4. The molecule has 34 heavy (non-hydrogen) atoms. The van der Waals surface area contributed by atoms with Gasteiger partial charge < -0.3 is 4.90 Å². The maximum absolute atomic E-state index is 13.1. The summed E-state index contributed by atoms with van der Waals surface area (Å²) >= 11 is 0. The topological polar surface area (TPSA) is 15.6 Å². The largest absolute Gasteiger partial charge is 0.416 e. The van der Waals surface area contributed by atoms with Crippen LogP contribution in [0.4, 0.5) is 13.2 Å². The van der Waals surface area contributed by atoms with Gasteiger partial charge in [-0.15, -0.1) is 0 Å². The summed E-state index contributed by atoms with van der Waals surface area (Å²) in [6.45, 7) is 0.439. The van der Waals surface area contributed by atoms with Gasteiger partial charge in [-0.3, -0.25) is 4.99 Å². The SMILES string of the molecule is FC(F)(F)c1ccc(CN2C(c3ccccc3)=N[C@@H](c3ccccc3)[C@@H]2c2ccccc2)cc1. The summed E-state index contributed by atoms with van der Waals surface area (Å²) < 4.78 is 39.3. The third-order valence-corrected chi connectivity index (χ3v) is 6.12. The molecule has 1 heterocycles. The van der Waals surface area contributed by atoms with E-state index in [0.29, 0.717) is 6.54 Å². The van der Waals surface area contributed by atoms with Crippen LogP contribution in [0.3, 0.4) is 0 Å². The Morgan fingerprint density at radius 2 is 1.18 bits per heavy atom. The molecular weight excluding hydrogens is 433 g/mol. The van der Waals surface area contributed by atoms with E-state index >= 15 is 0 Å². The Hall–Kier alpha value is -3.86. The molecule has 2 atom stereocenters. The molecule has 0 aromatic heterocycles. The Kier molecular flexibility index (Phi) is 5.93. The molecule has 0 saturated heterocycles. The first-order valence-corrected chi connectivity index (χ1v) is 11.2. The van der Waals surface area contributed by atoms with Gasteiger partial charge in [0.05, 0.1) is 11.6 Å². The summed E-state index contributed by atoms with van der Waals surface area (Å²) in [6, 6.07) is 35.5. The number of aliphatic imine (C=N–C) groups is 1. The third kappa shape index (κ3) is 4.46. The van der Waals surface area contributed by atoms with E-state index in [1.54, 1.807) is 12.1 Å². The van der Waals surface area contributed by atoms with E-state index in [4.69, 9.17) is 4.99 Å². The lowest BCUT2D eigenvalue weighted by Gasteiger charge is -2.31. The number of benzene rings is 4. The fraction of sp³-hybridized carbons (Fsp3) is 0.138. The van der Waals surface area contributed by atoms with Gasteiger partial charge in [0.25, 0.3) is 0 Å². The Morgan fingerprint density at radius 3 is 1.74 bits per heavy atom. The van der Waals surface area contributed by atoms with Crippen molar-refractivity contribution in [2.24, 2.45) is 4.99 Å². The Balaban J connectivity index is 1.60. The van der Waals surface area contributed by atoms with Crippen molar-refractivity contribution in [2.45, 2.75) is 24.8 Å². The molecule has 5 heteroatoms. The molecule has 1 aliphatic rings. The quantitative estimate of drug-likeness (QED) is 0.304. The molecule has 4 aromatic carbocycles. The zero-order chi connectivity index (χ0) is 23.5. The molecule has 0 N–H and O–H groups in total. The molecule has 0 aliphatic carbocycles. The smallest absolute Gasteiger partial charge is 0.343 e. The summed E-state index contributed by atoms with van der Waals surface area (Å²) in [4.78, 5) is 7.40. The molecule has 4 aromatic rings. The predicted molar refractivity (Wildman–Crippen MR) is 128 cm³/mol. The van der Waals surface area contributed by atoms with Crippen LogP contribution in [0.1, 0.15) is 39.9 Å². The van der Waals surface area contributed by atoms with Crippen molar-refractivity contribution in [3.05, 3.63) is 143 Å². The number of rotatable bonds is 5. The molecular formula is C29H23F3N2. The molecule has 0 fully saturated rings. The first-order valence-electron chi connectivity index (χ1n) is 11.2. The minimum atomic E-state index is -4.35. The molecule has 0 radical (unpaired) electrons. The van der Waals surface area contributed by atoms with Crippen molar-refractivity contribution < 1.29 is 13.2 Å². The second-order valence-electron chi connectivity index (χ2n) is 8.35. The van der Waals surface area contributed by atoms with E-state index in [9.17, 15) is 13.2 Å². The highest BCUT2D eigenvalue weighted by Crippen LogP contribution is 2.44. The van der Waals surface area contributed by atoms with Crippen molar-refractivity contribution in [3.8, 4) is 0 Å². The van der Waals surface area contributed by atoms with Crippen molar-refractivity contribution in [2.75, 3.05) is 0 Å². The zero-order valence-electron chi connectivity index (χ0n) is 18.4. The summed E-state index contributed by atoms with van der Waals surface area (Å²) in [5.74, 6) is 0.836. The molecule has 1 aliphatic heterocycles. The van der Waals surface area contributed by atoms with E-state index < -0.39 is 11.7 Å². The van der Waals surface area contributed by atoms with Crippen LogP contribution in [0.25, 0.3) is 0 Å². The standard InChI is InChI=1S/C29H23F3N2/c30-29(31,32)25-18-16-21(17-19-25)20-34-27(23-12-6-2-7-13-23)26(22-10-4-1-5-11-22)33-28(34)24-14-8-3-9-15-24/h1-19,26-27H,20H2/t26-,27-/m0/s1. The van der Waals surface area contributed by atoms with Gasteiger partial charge in [0, 0.05) is 12.1 Å². The summed E-state index contributed by atoms with van der Waals surface area (Å²) in [5, 5.41) is 0. The number of alkyl halides is 3. The van der Waals surface area contributed by atoms with Gasteiger partial charge in [-0.05, 0) is 28.8 Å². The molecule has 5 rings (SSSR count). The van der Waals surface area contributed by atoms with Gasteiger partial charge in [0.2, 0.25) is 0 Å². The van der Waals surface area contributed by atoms with Gasteiger partial charge in [-0.25, -0.2) is 0 Å². The maximum atomic E-state index is 13.1. The fourth-order valence-corrected chi connectivity index (χ4v) is 4.49. The van der Waals surface area contributed by atoms with Crippen LogP contribution >= 0.6 is 0 Å². The Labute approximate surface area is 197 Å². The van der Waals surface area contributed by atoms with Crippen molar-refractivity contribution >= 4 is 5.84 Å². The van der Waals surface area contributed by atoms with Crippen LogP contribution in [-0.4, -0.2) is 10.7 Å². The summed E-state index contributed by atoms with van der Waals surface area (Å²) in [7, 11) is 0. The number of amidine groups is 1. The third-order valence-electron chi connectivity index (χ3n) is 6.12. The van der Waals surface area contributed by atoms with E-state index in [2.05, 4.69) is 29.2 Å². The van der Waals surface area contributed by atoms with E-state index in [1.165, 1.54) is 0 Å². The molecule has 170 valence electrons. The molecule has 0 saturated carbocycles. The van der Waals surface area contributed by atoms with Gasteiger partial charge in [0.1, 0.15) is 11.9 Å². The van der Waals surface area contributed by atoms with Gasteiger partial charge in [0.15, 0.2) is 0 Å². The van der Waals surface area contributed by atoms with Crippen LogP contribution in [-0.2, 0) is 12.7 Å². The normalized spacial score (nSPS) is 18.1. The Morgan fingerprint density at radius 1 is 0.647 bits per heavy atom. The summed E-state index contributed by atoms with van der Waals surface area (Å²) in [6.07, 6.45) is -4.35.